The van der Waals surface area contributed by atoms with Crippen LogP contribution in [0.3, 0.4) is 0 Å². The van der Waals surface area contributed by atoms with E-state index in [1.165, 1.54) is 51.8 Å². The highest BCUT2D eigenvalue weighted by Crippen LogP contribution is 2.32. The molecule has 0 unspecified atom stereocenters. The van der Waals surface area contributed by atoms with Crippen LogP contribution in [-0.4, -0.2) is 31.9 Å². The maximum atomic E-state index is 12.7. The molecule has 0 atom stereocenters. The number of ether oxygens (including phenoxy) is 1. The average Bonchev–Trinajstić information content (AvgIpc) is 3.31. The number of halogens is 3. The molecule has 142 valence electrons. The Bertz CT molecular complexity index is 1140. The third-order valence-electron chi connectivity index (χ3n) is 3.66. The predicted molar refractivity (Wildman–Crippen MR) is 95.2 cm³/mol. The second kappa shape index (κ2) is 6.93. The molecule has 4 rings (SSSR count). The summed E-state index contributed by atoms with van der Waals surface area (Å²) >= 11 is 1.27. The summed E-state index contributed by atoms with van der Waals surface area (Å²) in [4.78, 5) is 20.2. The highest BCUT2D eigenvalue weighted by molar-refractivity contribution is 7.07. The quantitative estimate of drug-likeness (QED) is 0.555. The lowest BCUT2D eigenvalue weighted by atomic mass is 10.1. The van der Waals surface area contributed by atoms with Crippen molar-refractivity contribution >= 4 is 28.7 Å². The van der Waals surface area contributed by atoms with E-state index in [2.05, 4.69) is 25.1 Å². The van der Waals surface area contributed by atoms with Gasteiger partial charge in [-0.2, -0.15) is 9.61 Å². The van der Waals surface area contributed by atoms with Crippen molar-refractivity contribution in [1.29, 1.82) is 0 Å². The second-order valence-electron chi connectivity index (χ2n) is 5.50. The van der Waals surface area contributed by atoms with Gasteiger partial charge in [0, 0.05) is 10.9 Å². The van der Waals surface area contributed by atoms with E-state index in [1.54, 1.807) is 17.5 Å². The molecule has 0 fully saturated rings. The molecule has 11 heteroatoms. The number of nitrogens with zero attached hydrogens (tertiary/aromatic N) is 4. The van der Waals surface area contributed by atoms with Gasteiger partial charge in [0.1, 0.15) is 11.4 Å². The minimum atomic E-state index is -4.83. The van der Waals surface area contributed by atoms with Gasteiger partial charge >= 0.3 is 6.36 Å². The lowest BCUT2D eigenvalue weighted by Crippen LogP contribution is -2.17. The van der Waals surface area contributed by atoms with Crippen molar-refractivity contribution in [2.45, 2.75) is 6.36 Å². The fraction of sp³-hybridized carbons (Fsp3) is 0.0588. The highest BCUT2D eigenvalue weighted by atomic mass is 32.1. The Morgan fingerprint density at radius 2 is 1.96 bits per heavy atom. The molecule has 4 aromatic rings. The molecule has 3 heterocycles. The van der Waals surface area contributed by atoms with Crippen LogP contribution in [0.2, 0.25) is 0 Å². The SMILES string of the molecule is O=C(Nc1cnc2ccc(-c3ccccc3OC(F)(F)F)nn12)c1cscn1. The van der Waals surface area contributed by atoms with Crippen LogP contribution < -0.4 is 10.1 Å². The molecule has 0 aliphatic heterocycles. The zero-order chi connectivity index (χ0) is 19.7. The summed E-state index contributed by atoms with van der Waals surface area (Å²) in [5.41, 5.74) is 2.53. The number of hydrogen-bond donors (Lipinski definition) is 1. The minimum Gasteiger partial charge on any atom is -0.405 e. The predicted octanol–water partition coefficient (Wildman–Crippen LogP) is 4.00. The molecule has 0 bridgehead atoms. The minimum absolute atomic E-state index is 0.146. The second-order valence-corrected chi connectivity index (χ2v) is 6.22. The van der Waals surface area contributed by atoms with Crippen LogP contribution in [0.4, 0.5) is 19.0 Å². The molecule has 28 heavy (non-hydrogen) atoms. The molecule has 1 amide bonds. The van der Waals surface area contributed by atoms with Gasteiger partial charge in [0.2, 0.25) is 0 Å². The van der Waals surface area contributed by atoms with Crippen molar-refractivity contribution < 1.29 is 22.7 Å². The van der Waals surface area contributed by atoms with Gasteiger partial charge in [0.05, 0.1) is 17.4 Å². The van der Waals surface area contributed by atoms with E-state index < -0.39 is 12.3 Å². The van der Waals surface area contributed by atoms with Crippen LogP contribution >= 0.6 is 11.3 Å². The number of nitrogens with one attached hydrogen (secondary N) is 1. The summed E-state index contributed by atoms with van der Waals surface area (Å²) in [7, 11) is 0. The number of amides is 1. The Morgan fingerprint density at radius 1 is 1.14 bits per heavy atom. The summed E-state index contributed by atoms with van der Waals surface area (Å²) in [6.45, 7) is 0. The molecule has 0 aliphatic rings. The topological polar surface area (TPSA) is 81.4 Å². The first-order valence-corrected chi connectivity index (χ1v) is 8.74. The summed E-state index contributed by atoms with van der Waals surface area (Å²) < 4.78 is 43.4. The number of imidazole rings is 1. The number of thiazole rings is 1. The van der Waals surface area contributed by atoms with Crippen LogP contribution in [0.1, 0.15) is 10.5 Å². The Kier molecular flexibility index (Phi) is 4.43. The molecule has 0 saturated heterocycles. The number of benzene rings is 1. The van der Waals surface area contributed by atoms with E-state index in [4.69, 9.17) is 0 Å². The molecule has 0 aliphatic carbocycles. The Labute approximate surface area is 159 Å². The Balaban J connectivity index is 1.72. The smallest absolute Gasteiger partial charge is 0.405 e. The Hall–Kier alpha value is -3.47. The lowest BCUT2D eigenvalue weighted by molar-refractivity contribution is -0.274. The maximum Gasteiger partial charge on any atom is 0.573 e. The first kappa shape index (κ1) is 17.9. The fourth-order valence-electron chi connectivity index (χ4n) is 2.50. The van der Waals surface area contributed by atoms with Gasteiger partial charge in [-0.05, 0) is 24.3 Å². The van der Waals surface area contributed by atoms with Gasteiger partial charge in [0.25, 0.3) is 5.91 Å². The van der Waals surface area contributed by atoms with Crippen molar-refractivity contribution in [3.05, 3.63) is 59.2 Å². The van der Waals surface area contributed by atoms with E-state index in [0.717, 1.165) is 0 Å². The molecule has 1 N–H and O–H groups in total. The lowest BCUT2D eigenvalue weighted by Gasteiger charge is -2.13. The van der Waals surface area contributed by atoms with Gasteiger partial charge in [-0.15, -0.1) is 24.5 Å². The van der Waals surface area contributed by atoms with E-state index in [0.29, 0.717) is 5.65 Å². The van der Waals surface area contributed by atoms with Crippen molar-refractivity contribution in [2.75, 3.05) is 5.32 Å². The zero-order valence-electron chi connectivity index (χ0n) is 13.8. The first-order chi connectivity index (χ1) is 13.4. The number of para-hydroxylation sites is 1. The van der Waals surface area contributed by atoms with Crippen molar-refractivity contribution in [3.8, 4) is 17.0 Å². The summed E-state index contributed by atoms with van der Waals surface area (Å²) in [5.74, 6) is -0.574. The number of rotatable bonds is 4. The maximum absolute atomic E-state index is 12.7. The largest absolute Gasteiger partial charge is 0.573 e. The van der Waals surface area contributed by atoms with Crippen LogP contribution in [0.25, 0.3) is 16.9 Å². The molecule has 0 radical (unpaired) electrons. The third-order valence-corrected chi connectivity index (χ3v) is 4.24. The third kappa shape index (κ3) is 3.64. The van der Waals surface area contributed by atoms with Gasteiger partial charge in [0.15, 0.2) is 11.5 Å². The van der Waals surface area contributed by atoms with Crippen LogP contribution in [0, 0.1) is 0 Å². The molecule has 0 spiro atoms. The number of aromatic nitrogens is 4. The van der Waals surface area contributed by atoms with E-state index >= 15 is 0 Å². The molecule has 1 aromatic carbocycles. The van der Waals surface area contributed by atoms with Gasteiger partial charge < -0.3 is 10.1 Å². The molecule has 3 aromatic heterocycles. The van der Waals surface area contributed by atoms with E-state index in [9.17, 15) is 18.0 Å². The number of carbonyl (C=O) groups excluding carboxylic acids is 1. The van der Waals surface area contributed by atoms with Crippen molar-refractivity contribution in [2.24, 2.45) is 0 Å². The van der Waals surface area contributed by atoms with Crippen LogP contribution in [-0.2, 0) is 0 Å². The number of anilines is 1. The van der Waals surface area contributed by atoms with Gasteiger partial charge in [-0.3, -0.25) is 4.79 Å². The monoisotopic (exact) mass is 405 g/mol. The summed E-state index contributed by atoms with van der Waals surface area (Å²) in [6.07, 6.45) is -3.43. The van der Waals surface area contributed by atoms with Crippen LogP contribution in [0.15, 0.2) is 53.5 Å². The number of alkyl halides is 3. The standard InChI is InChI=1S/C17H10F3N5O2S/c18-17(19,20)27-13-4-2-1-3-10(13)11-5-6-14-21-7-15(25(14)24-11)23-16(26)12-8-28-9-22-12/h1-9H,(H,23,26). The van der Waals surface area contributed by atoms with Crippen molar-refractivity contribution in [3.63, 3.8) is 0 Å². The highest BCUT2D eigenvalue weighted by Gasteiger charge is 2.32. The van der Waals surface area contributed by atoms with Crippen LogP contribution in [0.5, 0.6) is 5.75 Å². The number of fused-ring (bicyclic) bond motifs is 1. The zero-order valence-corrected chi connectivity index (χ0v) is 14.7. The fourth-order valence-corrected chi connectivity index (χ4v) is 3.03. The first-order valence-electron chi connectivity index (χ1n) is 7.80. The van der Waals surface area contributed by atoms with Gasteiger partial charge in [-0.25, -0.2) is 9.97 Å². The van der Waals surface area contributed by atoms with E-state index in [-0.39, 0.29) is 28.5 Å². The van der Waals surface area contributed by atoms with E-state index in [1.807, 2.05) is 0 Å². The molecular formula is C17H10F3N5O2S. The summed E-state index contributed by atoms with van der Waals surface area (Å²) in [5, 5.41) is 8.52. The molecule has 0 saturated carbocycles. The summed E-state index contributed by atoms with van der Waals surface area (Å²) in [6, 6.07) is 8.76. The number of hydrogen-bond acceptors (Lipinski definition) is 6. The Morgan fingerprint density at radius 3 is 2.71 bits per heavy atom. The van der Waals surface area contributed by atoms with Crippen molar-refractivity contribution in [1.82, 2.24) is 19.6 Å². The van der Waals surface area contributed by atoms with Gasteiger partial charge in [-0.1, -0.05) is 12.1 Å². The normalized spacial score (nSPS) is 11.5. The number of carbonyl (C=O) groups is 1. The molecular weight excluding hydrogens is 395 g/mol. The average molecular weight is 405 g/mol. The molecule has 7 nitrogen and oxygen atoms in total.